The number of carbonyl (C=O) groups is 3. The summed E-state index contributed by atoms with van der Waals surface area (Å²) in [5.41, 5.74) is -0.225. The molecular weight excluding hydrogens is 418 g/mol. The third-order valence-corrected chi connectivity index (χ3v) is 6.62. The van der Waals surface area contributed by atoms with Crippen molar-refractivity contribution in [3.8, 4) is 0 Å². The number of rotatable bonds is 15. The van der Waals surface area contributed by atoms with Gasteiger partial charge in [0.15, 0.2) is 0 Å². The molecule has 0 rings (SSSR count). The van der Waals surface area contributed by atoms with Gasteiger partial charge in [-0.05, 0) is 51.5 Å². The van der Waals surface area contributed by atoms with Crippen molar-refractivity contribution >= 4 is 17.8 Å². The van der Waals surface area contributed by atoms with Crippen LogP contribution in [0, 0.1) is 11.8 Å². The third-order valence-electron chi connectivity index (χ3n) is 6.62. The van der Waals surface area contributed by atoms with E-state index in [9.17, 15) is 14.4 Å². The molecule has 7 heteroatoms. The number of ether oxygens (including phenoxy) is 1. The molecule has 0 aliphatic heterocycles. The van der Waals surface area contributed by atoms with Gasteiger partial charge in [0.25, 0.3) is 0 Å². The Morgan fingerprint density at radius 2 is 1.61 bits per heavy atom. The Kier molecular flexibility index (Phi) is 14.2. The summed E-state index contributed by atoms with van der Waals surface area (Å²) in [4.78, 5) is 40.9. The number of esters is 1. The summed E-state index contributed by atoms with van der Waals surface area (Å²) >= 11 is 0. The molecule has 0 saturated heterocycles. The molecule has 33 heavy (non-hydrogen) atoms. The average molecular weight is 468 g/mol. The molecule has 0 aromatic rings. The molecule has 0 aromatic carbocycles. The second-order valence-corrected chi connectivity index (χ2v) is 9.31. The molecule has 7 nitrogen and oxygen atoms in total. The normalized spacial score (nSPS) is 15.1. The first-order valence-corrected chi connectivity index (χ1v) is 12.6. The first-order valence-electron chi connectivity index (χ1n) is 12.6. The SMILES string of the molecule is CCCNC(CC)(CC)C(=O)N[C@H](C(=O)N(C)[C@H](C=C(C)C(=O)OCC)C(C)C)[C@@H](C)CC. The van der Waals surface area contributed by atoms with Crippen molar-refractivity contribution in [2.75, 3.05) is 20.2 Å². The van der Waals surface area contributed by atoms with E-state index in [-0.39, 0.29) is 35.7 Å². The highest BCUT2D eigenvalue weighted by Crippen LogP contribution is 2.21. The summed E-state index contributed by atoms with van der Waals surface area (Å²) < 4.78 is 5.10. The Hall–Kier alpha value is -1.89. The third kappa shape index (κ3) is 8.76. The monoisotopic (exact) mass is 467 g/mol. The van der Waals surface area contributed by atoms with Crippen LogP contribution < -0.4 is 10.6 Å². The number of hydrogen-bond donors (Lipinski definition) is 2. The topological polar surface area (TPSA) is 87.7 Å². The van der Waals surface area contributed by atoms with Gasteiger partial charge < -0.3 is 20.3 Å². The lowest BCUT2D eigenvalue weighted by Crippen LogP contribution is -2.62. The molecule has 192 valence electrons. The summed E-state index contributed by atoms with van der Waals surface area (Å²) in [6, 6.07) is -0.948. The maximum Gasteiger partial charge on any atom is 0.333 e. The summed E-state index contributed by atoms with van der Waals surface area (Å²) in [7, 11) is 1.74. The highest BCUT2D eigenvalue weighted by atomic mass is 16.5. The van der Waals surface area contributed by atoms with E-state index in [0.29, 0.717) is 25.0 Å². The van der Waals surface area contributed by atoms with Crippen LogP contribution in [0.3, 0.4) is 0 Å². The van der Waals surface area contributed by atoms with Gasteiger partial charge >= 0.3 is 5.97 Å². The van der Waals surface area contributed by atoms with Crippen LogP contribution in [0.15, 0.2) is 11.6 Å². The zero-order valence-electron chi connectivity index (χ0n) is 22.7. The van der Waals surface area contributed by atoms with E-state index in [2.05, 4.69) is 17.6 Å². The van der Waals surface area contributed by atoms with Crippen LogP contribution in [0.5, 0.6) is 0 Å². The zero-order chi connectivity index (χ0) is 25.8. The fraction of sp³-hybridized carbons (Fsp3) is 0.808. The van der Waals surface area contributed by atoms with E-state index in [1.165, 1.54) is 0 Å². The van der Waals surface area contributed by atoms with Gasteiger partial charge in [-0.3, -0.25) is 9.59 Å². The van der Waals surface area contributed by atoms with Crippen LogP contribution in [0.25, 0.3) is 0 Å². The van der Waals surface area contributed by atoms with Crippen LogP contribution in [-0.4, -0.2) is 60.5 Å². The molecule has 0 aliphatic rings. The largest absolute Gasteiger partial charge is 0.463 e. The molecule has 0 fully saturated rings. The highest BCUT2D eigenvalue weighted by Gasteiger charge is 2.39. The lowest BCUT2D eigenvalue weighted by Gasteiger charge is -2.37. The van der Waals surface area contributed by atoms with Gasteiger partial charge in [-0.2, -0.15) is 0 Å². The van der Waals surface area contributed by atoms with Crippen LogP contribution in [0.2, 0.25) is 0 Å². The smallest absolute Gasteiger partial charge is 0.333 e. The summed E-state index contributed by atoms with van der Waals surface area (Å²) in [6.45, 7) is 18.6. The maximum absolute atomic E-state index is 13.7. The molecule has 0 aromatic heterocycles. The van der Waals surface area contributed by atoms with E-state index in [0.717, 1.165) is 19.4 Å². The zero-order valence-corrected chi connectivity index (χ0v) is 22.7. The van der Waals surface area contributed by atoms with E-state index >= 15 is 0 Å². The van der Waals surface area contributed by atoms with Crippen molar-refractivity contribution in [2.24, 2.45) is 11.8 Å². The molecule has 0 heterocycles. The minimum absolute atomic E-state index is 0.0376. The van der Waals surface area contributed by atoms with Crippen molar-refractivity contribution in [2.45, 2.75) is 106 Å². The van der Waals surface area contributed by atoms with Gasteiger partial charge in [-0.1, -0.05) is 61.0 Å². The first-order chi connectivity index (χ1) is 15.5. The van der Waals surface area contributed by atoms with Gasteiger partial charge in [0.2, 0.25) is 11.8 Å². The van der Waals surface area contributed by atoms with Crippen molar-refractivity contribution in [3.63, 3.8) is 0 Å². The molecule has 3 atom stereocenters. The number of amides is 2. The van der Waals surface area contributed by atoms with Gasteiger partial charge in [0.1, 0.15) is 6.04 Å². The van der Waals surface area contributed by atoms with Crippen molar-refractivity contribution in [1.29, 1.82) is 0 Å². The molecule has 0 aliphatic carbocycles. The van der Waals surface area contributed by atoms with Gasteiger partial charge in [-0.15, -0.1) is 0 Å². The Labute approximate surface area is 202 Å². The minimum Gasteiger partial charge on any atom is -0.463 e. The lowest BCUT2D eigenvalue weighted by atomic mass is 9.89. The molecule has 0 spiro atoms. The highest BCUT2D eigenvalue weighted by molar-refractivity contribution is 5.92. The molecule has 0 unspecified atom stereocenters. The van der Waals surface area contributed by atoms with Crippen LogP contribution in [0.4, 0.5) is 0 Å². The Balaban J connectivity index is 5.95. The fourth-order valence-electron chi connectivity index (χ4n) is 3.92. The lowest BCUT2D eigenvalue weighted by molar-refractivity contribution is -0.140. The van der Waals surface area contributed by atoms with Crippen molar-refractivity contribution < 1.29 is 19.1 Å². The Morgan fingerprint density at radius 1 is 1.03 bits per heavy atom. The predicted octanol–water partition coefficient (Wildman–Crippen LogP) is 4.07. The molecule has 2 amide bonds. The molecule has 0 radical (unpaired) electrons. The minimum atomic E-state index is -0.696. The second-order valence-electron chi connectivity index (χ2n) is 9.31. The maximum atomic E-state index is 13.7. The number of nitrogens with zero attached hydrogens (tertiary/aromatic N) is 1. The Morgan fingerprint density at radius 3 is 2.03 bits per heavy atom. The van der Waals surface area contributed by atoms with Crippen LogP contribution in [-0.2, 0) is 19.1 Å². The summed E-state index contributed by atoms with van der Waals surface area (Å²) in [5.74, 6) is -0.626. The number of hydrogen-bond acceptors (Lipinski definition) is 5. The number of likely N-dealkylation sites (N-methyl/N-ethyl adjacent to an activating group) is 1. The quantitative estimate of drug-likeness (QED) is 0.280. The molecular formula is C26H49N3O4. The molecule has 0 bridgehead atoms. The van der Waals surface area contributed by atoms with E-state index < -0.39 is 11.6 Å². The average Bonchev–Trinajstić information content (AvgIpc) is 2.80. The van der Waals surface area contributed by atoms with Gasteiger partial charge in [0.05, 0.1) is 18.2 Å². The van der Waals surface area contributed by atoms with Crippen molar-refractivity contribution in [1.82, 2.24) is 15.5 Å². The predicted molar refractivity (Wildman–Crippen MR) is 135 cm³/mol. The van der Waals surface area contributed by atoms with E-state index in [4.69, 9.17) is 4.74 Å². The summed E-state index contributed by atoms with van der Waals surface area (Å²) in [6.07, 6.45) is 4.75. The van der Waals surface area contributed by atoms with E-state index in [1.807, 2.05) is 41.5 Å². The van der Waals surface area contributed by atoms with E-state index in [1.54, 1.807) is 31.9 Å². The van der Waals surface area contributed by atoms with Crippen LogP contribution in [0.1, 0.15) is 88.0 Å². The Bertz CT molecular complexity index is 656. The standard InChI is InChI=1S/C26H49N3O4/c1-11-16-27-26(13-3,14-4)25(32)28-22(19(8)12-2)23(30)29(10)21(18(6)7)17-20(9)24(31)33-15-5/h17-19,21-22,27H,11-16H2,1-10H3,(H,28,32)/t19-,21+,22-/m0/s1. The van der Waals surface area contributed by atoms with Gasteiger partial charge in [0, 0.05) is 12.6 Å². The number of carbonyl (C=O) groups excluding carboxylic acids is 3. The molecule has 2 N–H and O–H groups in total. The fourth-order valence-corrected chi connectivity index (χ4v) is 3.92. The second kappa shape index (κ2) is 15.1. The first kappa shape index (κ1) is 31.1. The number of nitrogens with one attached hydrogen (secondary N) is 2. The van der Waals surface area contributed by atoms with Crippen LogP contribution >= 0.6 is 0 Å². The molecule has 0 saturated carbocycles. The van der Waals surface area contributed by atoms with Crippen molar-refractivity contribution in [3.05, 3.63) is 11.6 Å². The van der Waals surface area contributed by atoms with Gasteiger partial charge in [-0.25, -0.2) is 4.79 Å². The summed E-state index contributed by atoms with van der Waals surface area (Å²) in [5, 5.41) is 6.49.